The number of nitrogens with zero attached hydrogens (tertiary/aromatic N) is 3. The number of benzene rings is 2. The summed E-state index contributed by atoms with van der Waals surface area (Å²) < 4.78 is 1.72. The Kier molecular flexibility index (Phi) is 3.78. The molecule has 25 heavy (non-hydrogen) atoms. The van der Waals surface area contributed by atoms with Gasteiger partial charge in [-0.25, -0.2) is 4.68 Å². The zero-order valence-electron chi connectivity index (χ0n) is 13.7. The maximum absolute atomic E-state index is 12.6. The van der Waals surface area contributed by atoms with E-state index in [0.717, 1.165) is 16.9 Å². The van der Waals surface area contributed by atoms with E-state index in [1.807, 2.05) is 67.6 Å². The van der Waals surface area contributed by atoms with Gasteiger partial charge in [0.2, 0.25) is 5.95 Å². The van der Waals surface area contributed by atoms with Crippen molar-refractivity contribution in [1.29, 1.82) is 0 Å². The van der Waals surface area contributed by atoms with Crippen LogP contribution in [0.2, 0.25) is 0 Å². The molecule has 0 radical (unpaired) electrons. The molecule has 0 spiro atoms. The molecule has 2 N–H and O–H groups in total. The standard InChI is InChI=1S/C19H17N5O/c1-13-16(18(25)21-15-10-6-3-7-11-15)12-24-19(20-13)22-17(23-24)14-8-4-2-5-9-14/h2-11H,12H2,1H3,(H,21,25)(H,20,22,23). The van der Waals surface area contributed by atoms with Crippen molar-refractivity contribution in [3.63, 3.8) is 0 Å². The summed E-state index contributed by atoms with van der Waals surface area (Å²) in [5.41, 5.74) is 3.13. The number of para-hydroxylation sites is 1. The largest absolute Gasteiger partial charge is 0.328 e. The number of nitrogens with one attached hydrogen (secondary N) is 2. The van der Waals surface area contributed by atoms with Gasteiger partial charge in [-0.1, -0.05) is 48.5 Å². The van der Waals surface area contributed by atoms with Crippen LogP contribution in [0.3, 0.4) is 0 Å². The van der Waals surface area contributed by atoms with E-state index in [9.17, 15) is 4.79 Å². The van der Waals surface area contributed by atoms with Crippen LogP contribution in [-0.2, 0) is 11.3 Å². The van der Waals surface area contributed by atoms with Crippen molar-refractivity contribution in [3.05, 3.63) is 71.9 Å². The SMILES string of the molecule is CC1=C(C(=O)Nc2ccccc2)Cn2nc(-c3ccccc3)nc2N1. The molecular weight excluding hydrogens is 314 g/mol. The van der Waals surface area contributed by atoms with Gasteiger partial charge in [-0.05, 0) is 19.1 Å². The minimum absolute atomic E-state index is 0.140. The Hall–Kier alpha value is -3.41. The molecule has 0 saturated heterocycles. The molecule has 0 unspecified atom stereocenters. The Morgan fingerprint density at radius 3 is 2.48 bits per heavy atom. The highest BCUT2D eigenvalue weighted by Crippen LogP contribution is 2.24. The van der Waals surface area contributed by atoms with Crippen LogP contribution in [-0.4, -0.2) is 20.7 Å². The lowest BCUT2D eigenvalue weighted by molar-refractivity contribution is -0.113. The van der Waals surface area contributed by atoms with Crippen LogP contribution >= 0.6 is 0 Å². The van der Waals surface area contributed by atoms with Gasteiger partial charge in [0.1, 0.15) is 0 Å². The van der Waals surface area contributed by atoms with Gasteiger partial charge < -0.3 is 10.6 Å². The van der Waals surface area contributed by atoms with Crippen LogP contribution in [0.4, 0.5) is 11.6 Å². The number of fused-ring (bicyclic) bond motifs is 1. The van der Waals surface area contributed by atoms with Crippen LogP contribution in [0.15, 0.2) is 71.9 Å². The third-order valence-corrected chi connectivity index (χ3v) is 4.07. The molecule has 2 aromatic carbocycles. The van der Waals surface area contributed by atoms with Crippen LogP contribution < -0.4 is 10.6 Å². The quantitative estimate of drug-likeness (QED) is 0.772. The molecule has 0 fully saturated rings. The van der Waals surface area contributed by atoms with Gasteiger partial charge in [-0.2, -0.15) is 4.98 Å². The van der Waals surface area contributed by atoms with Crippen LogP contribution in [0.5, 0.6) is 0 Å². The van der Waals surface area contributed by atoms with E-state index in [2.05, 4.69) is 20.7 Å². The van der Waals surface area contributed by atoms with E-state index in [0.29, 0.717) is 23.9 Å². The molecule has 124 valence electrons. The van der Waals surface area contributed by atoms with Gasteiger partial charge >= 0.3 is 0 Å². The van der Waals surface area contributed by atoms with Gasteiger partial charge in [0.05, 0.1) is 12.1 Å². The average molecular weight is 331 g/mol. The monoisotopic (exact) mass is 331 g/mol. The topological polar surface area (TPSA) is 71.8 Å². The van der Waals surface area contributed by atoms with E-state index in [1.54, 1.807) is 4.68 Å². The first-order chi connectivity index (χ1) is 12.2. The summed E-state index contributed by atoms with van der Waals surface area (Å²) in [5, 5.41) is 10.6. The fraction of sp³-hybridized carbons (Fsp3) is 0.105. The highest BCUT2D eigenvalue weighted by Gasteiger charge is 2.23. The van der Waals surface area contributed by atoms with Gasteiger partial charge in [0.15, 0.2) is 5.82 Å². The molecule has 1 amide bonds. The number of rotatable bonds is 3. The third-order valence-electron chi connectivity index (χ3n) is 4.07. The second kappa shape index (κ2) is 6.24. The van der Waals surface area contributed by atoms with E-state index < -0.39 is 0 Å². The van der Waals surface area contributed by atoms with Crippen molar-refractivity contribution >= 4 is 17.5 Å². The maximum Gasteiger partial charge on any atom is 0.255 e. The fourth-order valence-electron chi connectivity index (χ4n) is 2.74. The third kappa shape index (κ3) is 3.01. The summed E-state index contributed by atoms with van der Waals surface area (Å²) in [6.45, 7) is 2.26. The average Bonchev–Trinajstić information content (AvgIpc) is 3.05. The maximum atomic E-state index is 12.6. The number of carbonyl (C=O) groups is 1. The number of allylic oxidation sites excluding steroid dienone is 1. The van der Waals surface area contributed by atoms with Crippen LogP contribution in [0.25, 0.3) is 11.4 Å². The lowest BCUT2D eigenvalue weighted by atomic mass is 10.1. The molecule has 0 aliphatic carbocycles. The predicted octanol–water partition coefficient (Wildman–Crippen LogP) is 3.28. The Balaban J connectivity index is 1.57. The van der Waals surface area contributed by atoms with E-state index in [4.69, 9.17) is 0 Å². The molecule has 6 heteroatoms. The van der Waals surface area contributed by atoms with Crippen molar-refractivity contribution in [2.45, 2.75) is 13.5 Å². The molecule has 3 aromatic rings. The summed E-state index contributed by atoms with van der Waals surface area (Å²) in [6.07, 6.45) is 0. The van der Waals surface area contributed by atoms with Crippen molar-refractivity contribution in [3.8, 4) is 11.4 Å². The molecule has 0 saturated carbocycles. The van der Waals surface area contributed by atoms with Gasteiger partial charge in [-0.3, -0.25) is 4.79 Å². The van der Waals surface area contributed by atoms with Crippen LogP contribution in [0, 0.1) is 0 Å². The van der Waals surface area contributed by atoms with Crippen molar-refractivity contribution in [2.24, 2.45) is 0 Å². The molecule has 1 aliphatic heterocycles. The second-order valence-electron chi connectivity index (χ2n) is 5.83. The zero-order chi connectivity index (χ0) is 17.2. The first-order valence-electron chi connectivity index (χ1n) is 8.04. The molecule has 0 bridgehead atoms. The molecule has 2 heterocycles. The Morgan fingerprint density at radius 1 is 1.08 bits per heavy atom. The lowest BCUT2D eigenvalue weighted by Gasteiger charge is -2.19. The number of hydrogen-bond donors (Lipinski definition) is 2. The summed E-state index contributed by atoms with van der Waals surface area (Å²) in [6, 6.07) is 19.2. The Labute approximate surface area is 145 Å². The van der Waals surface area contributed by atoms with Crippen molar-refractivity contribution < 1.29 is 4.79 Å². The normalized spacial score (nSPS) is 13.2. The summed E-state index contributed by atoms with van der Waals surface area (Å²) in [5.74, 6) is 1.15. The smallest absolute Gasteiger partial charge is 0.255 e. The fourth-order valence-corrected chi connectivity index (χ4v) is 2.74. The Morgan fingerprint density at radius 2 is 1.76 bits per heavy atom. The van der Waals surface area contributed by atoms with E-state index in [1.165, 1.54) is 0 Å². The predicted molar refractivity (Wildman–Crippen MR) is 96.9 cm³/mol. The Bertz CT molecular complexity index is 944. The number of aromatic nitrogens is 3. The van der Waals surface area contributed by atoms with Crippen molar-refractivity contribution in [2.75, 3.05) is 10.6 Å². The second-order valence-corrected chi connectivity index (χ2v) is 5.83. The first-order valence-corrected chi connectivity index (χ1v) is 8.04. The number of anilines is 2. The highest BCUT2D eigenvalue weighted by atomic mass is 16.1. The summed E-state index contributed by atoms with van der Waals surface area (Å²) in [7, 11) is 0. The zero-order valence-corrected chi connectivity index (χ0v) is 13.7. The minimum atomic E-state index is -0.140. The minimum Gasteiger partial charge on any atom is -0.328 e. The number of carbonyl (C=O) groups excluding carboxylic acids is 1. The molecule has 1 aromatic heterocycles. The van der Waals surface area contributed by atoms with E-state index >= 15 is 0 Å². The number of amides is 1. The first kappa shape index (κ1) is 15.1. The van der Waals surface area contributed by atoms with Crippen LogP contribution in [0.1, 0.15) is 6.92 Å². The van der Waals surface area contributed by atoms with E-state index in [-0.39, 0.29) is 5.91 Å². The molecule has 6 nitrogen and oxygen atoms in total. The summed E-state index contributed by atoms with van der Waals surface area (Å²) >= 11 is 0. The van der Waals surface area contributed by atoms with Gasteiger partial charge in [0.25, 0.3) is 5.91 Å². The lowest BCUT2D eigenvalue weighted by Crippen LogP contribution is -2.26. The molecule has 4 rings (SSSR count). The molecule has 0 atom stereocenters. The van der Waals surface area contributed by atoms with Gasteiger partial charge in [0, 0.05) is 16.9 Å². The molecular formula is C19H17N5O. The number of hydrogen-bond acceptors (Lipinski definition) is 4. The highest BCUT2D eigenvalue weighted by molar-refractivity contribution is 6.04. The van der Waals surface area contributed by atoms with Gasteiger partial charge in [-0.15, -0.1) is 5.10 Å². The summed E-state index contributed by atoms with van der Waals surface area (Å²) in [4.78, 5) is 17.1. The molecule has 1 aliphatic rings. The van der Waals surface area contributed by atoms with Crippen molar-refractivity contribution in [1.82, 2.24) is 14.8 Å².